The summed E-state index contributed by atoms with van der Waals surface area (Å²) >= 11 is 0. The highest BCUT2D eigenvalue weighted by Crippen LogP contribution is 2.14. The minimum Gasteiger partial charge on any atom is -1.00 e. The minimum absolute atomic E-state index is 0. The summed E-state index contributed by atoms with van der Waals surface area (Å²) in [6, 6.07) is 5.91. The Morgan fingerprint density at radius 2 is 2.00 bits per heavy atom. The average Bonchev–Trinajstić information content (AvgIpc) is 2.63. The fraction of sp³-hybridized carbons (Fsp3) is 0.286. The molecule has 0 aliphatic carbocycles. The molecule has 95 valence electrons. The van der Waals surface area contributed by atoms with Crippen molar-refractivity contribution in [1.29, 1.82) is 0 Å². The molecule has 1 aliphatic rings. The number of hydrogen-bond donors (Lipinski definition) is 0. The zero-order valence-corrected chi connectivity index (χ0v) is 12.4. The first-order valence-electron chi connectivity index (χ1n) is 5.61. The molecular formula is C14H16BrN2O. The van der Waals surface area contributed by atoms with Crippen molar-refractivity contribution in [3.63, 3.8) is 0 Å². The summed E-state index contributed by atoms with van der Waals surface area (Å²) in [6.07, 6.45) is 3.72. The first-order valence-corrected chi connectivity index (χ1v) is 5.61. The van der Waals surface area contributed by atoms with E-state index in [-0.39, 0.29) is 22.8 Å². The van der Waals surface area contributed by atoms with E-state index in [1.165, 1.54) is 5.56 Å². The molecule has 2 rings (SSSR count). The van der Waals surface area contributed by atoms with Crippen LogP contribution in [0.5, 0.6) is 0 Å². The van der Waals surface area contributed by atoms with E-state index in [9.17, 15) is 4.79 Å². The summed E-state index contributed by atoms with van der Waals surface area (Å²) in [5.41, 5.74) is 3.00. The lowest BCUT2D eigenvalue weighted by atomic mass is 10.0. The fourth-order valence-electron chi connectivity index (χ4n) is 1.90. The third kappa shape index (κ3) is 3.29. The van der Waals surface area contributed by atoms with Crippen molar-refractivity contribution in [2.45, 2.75) is 13.8 Å². The second kappa shape index (κ2) is 5.96. The Hall–Kier alpha value is -1.42. The van der Waals surface area contributed by atoms with Crippen molar-refractivity contribution in [2.75, 3.05) is 13.6 Å². The zero-order chi connectivity index (χ0) is 12.4. The van der Waals surface area contributed by atoms with E-state index in [0.29, 0.717) is 6.54 Å². The molecule has 0 atom stereocenters. The van der Waals surface area contributed by atoms with E-state index >= 15 is 0 Å². The van der Waals surface area contributed by atoms with Gasteiger partial charge in [-0.05, 0) is 19.4 Å². The zero-order valence-electron chi connectivity index (χ0n) is 10.8. The van der Waals surface area contributed by atoms with Crippen LogP contribution in [0.1, 0.15) is 21.5 Å². The lowest BCUT2D eigenvalue weighted by Gasteiger charge is -2.06. The highest BCUT2D eigenvalue weighted by atomic mass is 79.9. The molecule has 0 spiro atoms. The first-order chi connectivity index (χ1) is 8.06. The van der Waals surface area contributed by atoms with Crippen LogP contribution in [0.4, 0.5) is 0 Å². The lowest BCUT2D eigenvalue weighted by Crippen LogP contribution is -3.00. The Kier molecular flexibility index (Phi) is 4.84. The number of Topliss-reactive ketones (excluding diaryl/α,β-unsaturated/α-hetero) is 1. The molecule has 1 heterocycles. The molecule has 1 aromatic rings. The standard InChI is InChI=1S/C14H16N2O.BrH/c1-11-4-5-13(12(2)8-11)14(17)9-16-7-6-15(3)10-16;/h4-8H,9H2,1-3H3;1H/q+1;/p-1. The van der Waals surface area contributed by atoms with Crippen LogP contribution < -0.4 is 17.0 Å². The monoisotopic (exact) mass is 307 g/mol. The van der Waals surface area contributed by atoms with E-state index in [1.807, 2.05) is 51.5 Å². The number of hydrogen-bond acceptors (Lipinski definition) is 3. The van der Waals surface area contributed by atoms with Gasteiger partial charge in [0.25, 0.3) is 0 Å². The van der Waals surface area contributed by atoms with Crippen LogP contribution in [0, 0.1) is 20.5 Å². The van der Waals surface area contributed by atoms with E-state index in [2.05, 4.69) is 6.67 Å². The summed E-state index contributed by atoms with van der Waals surface area (Å²) in [6.45, 7) is 7.36. The average molecular weight is 308 g/mol. The van der Waals surface area contributed by atoms with Crippen LogP contribution in [-0.4, -0.2) is 29.2 Å². The molecule has 1 aliphatic heterocycles. The normalized spacial score (nSPS) is 13.3. The number of carbonyl (C=O) groups is 1. The summed E-state index contributed by atoms with van der Waals surface area (Å²) < 4.78 is 0. The van der Waals surface area contributed by atoms with E-state index in [0.717, 1.165) is 11.1 Å². The van der Waals surface area contributed by atoms with Crippen LogP contribution in [0.25, 0.3) is 0 Å². The van der Waals surface area contributed by atoms with Crippen molar-refractivity contribution >= 4 is 5.78 Å². The molecule has 0 N–H and O–H groups in total. The number of nitrogens with zero attached hydrogens (tertiary/aromatic N) is 2. The van der Waals surface area contributed by atoms with Gasteiger partial charge in [-0.15, -0.1) is 9.80 Å². The van der Waals surface area contributed by atoms with E-state index in [1.54, 1.807) is 9.80 Å². The molecule has 0 unspecified atom stereocenters. The third-order valence-corrected chi connectivity index (χ3v) is 2.75. The van der Waals surface area contributed by atoms with Gasteiger partial charge in [0.2, 0.25) is 0 Å². The van der Waals surface area contributed by atoms with Gasteiger partial charge in [0.1, 0.15) is 6.54 Å². The number of rotatable bonds is 3. The molecule has 0 aromatic heterocycles. The van der Waals surface area contributed by atoms with Crippen molar-refractivity contribution in [3.05, 3.63) is 54.0 Å². The maximum Gasteiger partial charge on any atom is 0.564 e. The van der Waals surface area contributed by atoms with Gasteiger partial charge < -0.3 is 17.0 Å². The number of ketones is 1. The van der Waals surface area contributed by atoms with Gasteiger partial charge in [-0.3, -0.25) is 4.79 Å². The summed E-state index contributed by atoms with van der Waals surface area (Å²) in [5.74, 6) is 0.120. The molecule has 0 saturated heterocycles. The van der Waals surface area contributed by atoms with Crippen molar-refractivity contribution in [1.82, 2.24) is 9.80 Å². The predicted molar refractivity (Wildman–Crippen MR) is 67.1 cm³/mol. The van der Waals surface area contributed by atoms with Gasteiger partial charge in [0.15, 0.2) is 5.78 Å². The second-order valence-electron chi connectivity index (χ2n) is 4.38. The van der Waals surface area contributed by atoms with Crippen LogP contribution in [0.15, 0.2) is 30.6 Å². The molecule has 1 aromatic carbocycles. The van der Waals surface area contributed by atoms with Crippen molar-refractivity contribution in [2.24, 2.45) is 0 Å². The SMILES string of the molecule is Cc1ccc(C(=O)CN2[C+]N(C)C=C2)c(C)c1.[Br-]. The van der Waals surface area contributed by atoms with Gasteiger partial charge >= 0.3 is 6.67 Å². The van der Waals surface area contributed by atoms with Crippen LogP contribution in [-0.2, 0) is 0 Å². The second-order valence-corrected chi connectivity index (χ2v) is 4.38. The Morgan fingerprint density at radius 1 is 1.28 bits per heavy atom. The Bertz CT molecular complexity index is 471. The molecule has 1 radical (unpaired) electrons. The molecular weight excluding hydrogens is 292 g/mol. The lowest BCUT2D eigenvalue weighted by molar-refractivity contribution is -0.0000117. The molecule has 0 saturated carbocycles. The van der Waals surface area contributed by atoms with Gasteiger partial charge in [-0.25, -0.2) is 0 Å². The largest absolute Gasteiger partial charge is 1.00 e. The number of aryl methyl sites for hydroxylation is 2. The molecule has 4 heteroatoms. The minimum atomic E-state index is 0. The topological polar surface area (TPSA) is 23.6 Å². The quantitative estimate of drug-likeness (QED) is 0.540. The summed E-state index contributed by atoms with van der Waals surface area (Å²) in [7, 11) is 1.89. The maximum absolute atomic E-state index is 12.1. The number of benzene rings is 1. The van der Waals surface area contributed by atoms with Gasteiger partial charge in [-0.2, -0.15) is 0 Å². The van der Waals surface area contributed by atoms with E-state index in [4.69, 9.17) is 0 Å². The van der Waals surface area contributed by atoms with Crippen molar-refractivity contribution in [3.8, 4) is 0 Å². The van der Waals surface area contributed by atoms with Crippen LogP contribution in [0.2, 0.25) is 0 Å². The highest BCUT2D eigenvalue weighted by molar-refractivity contribution is 5.99. The Morgan fingerprint density at radius 3 is 2.56 bits per heavy atom. The Labute approximate surface area is 119 Å². The summed E-state index contributed by atoms with van der Waals surface area (Å²) in [4.78, 5) is 15.7. The van der Waals surface area contributed by atoms with Gasteiger partial charge in [0, 0.05) is 5.56 Å². The molecule has 0 amide bonds. The van der Waals surface area contributed by atoms with E-state index < -0.39 is 0 Å². The molecule has 3 nitrogen and oxygen atoms in total. The smallest absolute Gasteiger partial charge is 0.564 e. The van der Waals surface area contributed by atoms with Gasteiger partial charge in [0.05, 0.1) is 19.4 Å². The first kappa shape index (κ1) is 14.6. The fourth-order valence-corrected chi connectivity index (χ4v) is 1.90. The summed E-state index contributed by atoms with van der Waals surface area (Å²) in [5, 5.41) is 0. The van der Waals surface area contributed by atoms with Crippen LogP contribution >= 0.6 is 0 Å². The molecule has 18 heavy (non-hydrogen) atoms. The highest BCUT2D eigenvalue weighted by Gasteiger charge is 2.30. The van der Waals surface area contributed by atoms with Crippen LogP contribution in [0.3, 0.4) is 0 Å². The number of halogens is 1. The number of carbonyl (C=O) groups excluding carboxylic acids is 1. The Balaban J connectivity index is 0.00000162. The molecule has 0 bridgehead atoms. The van der Waals surface area contributed by atoms with Gasteiger partial charge in [-0.1, -0.05) is 23.8 Å². The third-order valence-electron chi connectivity index (χ3n) is 2.75. The molecule has 0 fully saturated rings. The maximum atomic E-state index is 12.1. The predicted octanol–water partition coefficient (Wildman–Crippen LogP) is -0.795. The van der Waals surface area contributed by atoms with Crippen molar-refractivity contribution < 1.29 is 21.8 Å².